The van der Waals surface area contributed by atoms with Gasteiger partial charge in [-0.25, -0.2) is 4.39 Å². The molecule has 1 heterocycles. The third-order valence-electron chi connectivity index (χ3n) is 3.49. The summed E-state index contributed by atoms with van der Waals surface area (Å²) in [6.45, 7) is 1.63. The van der Waals surface area contributed by atoms with Crippen LogP contribution in [0.3, 0.4) is 0 Å². The maximum Gasteiger partial charge on any atom is 0.261 e. The Bertz CT molecular complexity index is 899. The van der Waals surface area contributed by atoms with Gasteiger partial charge < -0.3 is 14.6 Å². The number of aromatic nitrogens is 2. The molecule has 0 saturated carbocycles. The van der Waals surface area contributed by atoms with E-state index < -0.39 is 6.10 Å². The van der Waals surface area contributed by atoms with E-state index in [0.29, 0.717) is 22.2 Å². The Balaban J connectivity index is 1.56. The lowest BCUT2D eigenvalue weighted by Crippen LogP contribution is -2.35. The first-order chi connectivity index (χ1) is 12.5. The van der Waals surface area contributed by atoms with Gasteiger partial charge in [-0.1, -0.05) is 28.9 Å². The molecule has 26 heavy (non-hydrogen) atoms. The van der Waals surface area contributed by atoms with E-state index in [-0.39, 0.29) is 24.2 Å². The zero-order valence-corrected chi connectivity index (χ0v) is 14.5. The van der Waals surface area contributed by atoms with Crippen molar-refractivity contribution in [2.75, 3.05) is 0 Å². The molecule has 0 saturated heterocycles. The zero-order chi connectivity index (χ0) is 18.5. The van der Waals surface area contributed by atoms with E-state index >= 15 is 0 Å². The number of hydrogen-bond acceptors (Lipinski definition) is 5. The maximum absolute atomic E-state index is 12.9. The first-order valence-electron chi connectivity index (χ1n) is 7.80. The molecule has 0 aliphatic carbocycles. The predicted molar refractivity (Wildman–Crippen MR) is 93.1 cm³/mol. The van der Waals surface area contributed by atoms with Crippen molar-refractivity contribution in [1.29, 1.82) is 0 Å². The standard InChI is InChI=1S/C18H15ClFN3O3/c1-11(25-13-8-6-12(20)7-9-13)18(24)21-10-16-22-17(23-26-16)14-4-2-3-5-15(14)19/h2-9,11H,10H2,1H3,(H,21,24)/t11-/m0/s1. The first kappa shape index (κ1) is 17.9. The summed E-state index contributed by atoms with van der Waals surface area (Å²) in [5.74, 6) is 0.234. The van der Waals surface area contributed by atoms with Gasteiger partial charge in [-0.05, 0) is 43.3 Å². The molecule has 6 nitrogen and oxygen atoms in total. The van der Waals surface area contributed by atoms with E-state index in [4.69, 9.17) is 20.9 Å². The Kier molecular flexibility index (Phi) is 5.48. The second-order valence-corrected chi connectivity index (χ2v) is 5.83. The van der Waals surface area contributed by atoms with Crippen LogP contribution >= 0.6 is 11.6 Å². The summed E-state index contributed by atoms with van der Waals surface area (Å²) in [6.07, 6.45) is -0.772. The highest BCUT2D eigenvalue weighted by molar-refractivity contribution is 6.33. The number of ether oxygens (including phenoxy) is 1. The Hall–Kier alpha value is -2.93. The monoisotopic (exact) mass is 375 g/mol. The topological polar surface area (TPSA) is 77.2 Å². The molecule has 1 amide bonds. The van der Waals surface area contributed by atoms with E-state index in [1.54, 1.807) is 25.1 Å². The second-order valence-electron chi connectivity index (χ2n) is 5.42. The predicted octanol–water partition coefficient (Wildman–Crippen LogP) is 3.61. The van der Waals surface area contributed by atoms with Crippen LogP contribution in [0.25, 0.3) is 11.4 Å². The minimum Gasteiger partial charge on any atom is -0.481 e. The first-order valence-corrected chi connectivity index (χ1v) is 8.18. The Morgan fingerprint density at radius 2 is 2.00 bits per heavy atom. The highest BCUT2D eigenvalue weighted by Gasteiger charge is 2.17. The van der Waals surface area contributed by atoms with E-state index in [2.05, 4.69) is 15.5 Å². The van der Waals surface area contributed by atoms with Gasteiger partial charge in [0.1, 0.15) is 11.6 Å². The van der Waals surface area contributed by atoms with Gasteiger partial charge in [0.25, 0.3) is 5.91 Å². The quantitative estimate of drug-likeness (QED) is 0.712. The molecule has 0 bridgehead atoms. The van der Waals surface area contributed by atoms with Crippen LogP contribution in [0.5, 0.6) is 5.75 Å². The number of hydrogen-bond donors (Lipinski definition) is 1. The lowest BCUT2D eigenvalue weighted by molar-refractivity contribution is -0.127. The summed E-state index contributed by atoms with van der Waals surface area (Å²) in [7, 11) is 0. The van der Waals surface area contributed by atoms with Crippen molar-refractivity contribution in [2.24, 2.45) is 0 Å². The number of carbonyl (C=O) groups excluding carboxylic acids is 1. The third-order valence-corrected chi connectivity index (χ3v) is 3.82. The van der Waals surface area contributed by atoms with Crippen LogP contribution in [-0.4, -0.2) is 22.2 Å². The van der Waals surface area contributed by atoms with Crippen LogP contribution in [-0.2, 0) is 11.3 Å². The molecule has 134 valence electrons. The van der Waals surface area contributed by atoms with Crippen LogP contribution in [0.2, 0.25) is 5.02 Å². The molecule has 0 aliphatic heterocycles. The van der Waals surface area contributed by atoms with Gasteiger partial charge in [-0.15, -0.1) is 0 Å². The molecule has 1 atom stereocenters. The van der Waals surface area contributed by atoms with E-state index in [0.717, 1.165) is 0 Å². The van der Waals surface area contributed by atoms with Crippen molar-refractivity contribution in [2.45, 2.75) is 19.6 Å². The number of benzene rings is 2. The molecule has 0 spiro atoms. The lowest BCUT2D eigenvalue weighted by atomic mass is 10.2. The van der Waals surface area contributed by atoms with E-state index in [1.807, 2.05) is 6.07 Å². The van der Waals surface area contributed by atoms with Crippen molar-refractivity contribution in [3.8, 4) is 17.1 Å². The Morgan fingerprint density at radius 3 is 2.73 bits per heavy atom. The Labute approximate surface area is 153 Å². The number of amides is 1. The van der Waals surface area contributed by atoms with Crippen molar-refractivity contribution < 1.29 is 18.4 Å². The maximum atomic E-state index is 12.9. The molecule has 1 N–H and O–H groups in total. The van der Waals surface area contributed by atoms with Crippen molar-refractivity contribution in [1.82, 2.24) is 15.5 Å². The van der Waals surface area contributed by atoms with Gasteiger partial charge in [0.2, 0.25) is 11.7 Å². The van der Waals surface area contributed by atoms with Gasteiger partial charge in [0.05, 0.1) is 11.6 Å². The molecule has 0 fully saturated rings. The minimum atomic E-state index is -0.772. The molecule has 0 unspecified atom stereocenters. The smallest absolute Gasteiger partial charge is 0.261 e. The summed E-state index contributed by atoms with van der Waals surface area (Å²) in [5.41, 5.74) is 0.642. The summed E-state index contributed by atoms with van der Waals surface area (Å²) in [4.78, 5) is 16.3. The van der Waals surface area contributed by atoms with Gasteiger partial charge in [0.15, 0.2) is 6.10 Å². The van der Waals surface area contributed by atoms with Gasteiger partial charge in [-0.3, -0.25) is 4.79 Å². The largest absolute Gasteiger partial charge is 0.481 e. The van der Waals surface area contributed by atoms with Crippen LogP contribution in [0.1, 0.15) is 12.8 Å². The van der Waals surface area contributed by atoms with Gasteiger partial charge >= 0.3 is 0 Å². The second kappa shape index (κ2) is 7.97. The van der Waals surface area contributed by atoms with Crippen LogP contribution in [0.4, 0.5) is 4.39 Å². The minimum absolute atomic E-state index is 0.0490. The third kappa shape index (κ3) is 4.37. The van der Waals surface area contributed by atoms with Crippen molar-refractivity contribution >= 4 is 17.5 Å². The highest BCUT2D eigenvalue weighted by Crippen LogP contribution is 2.24. The average Bonchev–Trinajstić information content (AvgIpc) is 3.10. The van der Waals surface area contributed by atoms with Gasteiger partial charge in [-0.2, -0.15) is 4.98 Å². The molecular weight excluding hydrogens is 361 g/mol. The Morgan fingerprint density at radius 1 is 1.27 bits per heavy atom. The summed E-state index contributed by atoms with van der Waals surface area (Å²) >= 11 is 6.09. The average molecular weight is 376 g/mol. The fourth-order valence-electron chi connectivity index (χ4n) is 2.16. The molecule has 3 rings (SSSR count). The number of nitrogens with zero attached hydrogens (tertiary/aromatic N) is 2. The molecule has 8 heteroatoms. The van der Waals surface area contributed by atoms with Crippen LogP contribution < -0.4 is 10.1 Å². The molecule has 1 aromatic heterocycles. The molecular formula is C18H15ClFN3O3. The van der Waals surface area contributed by atoms with Crippen LogP contribution in [0.15, 0.2) is 53.1 Å². The molecule has 3 aromatic rings. The number of carbonyl (C=O) groups is 1. The summed E-state index contributed by atoms with van der Waals surface area (Å²) in [5, 5.41) is 7.00. The fraction of sp³-hybridized carbons (Fsp3) is 0.167. The van der Waals surface area contributed by atoms with E-state index in [1.165, 1.54) is 24.3 Å². The van der Waals surface area contributed by atoms with Crippen molar-refractivity contribution in [3.05, 3.63) is 65.3 Å². The summed E-state index contributed by atoms with van der Waals surface area (Å²) < 4.78 is 23.4. The number of rotatable bonds is 6. The normalized spacial score (nSPS) is 11.8. The van der Waals surface area contributed by atoms with E-state index in [9.17, 15) is 9.18 Å². The fourth-order valence-corrected chi connectivity index (χ4v) is 2.38. The highest BCUT2D eigenvalue weighted by atomic mass is 35.5. The zero-order valence-electron chi connectivity index (χ0n) is 13.8. The summed E-state index contributed by atoms with van der Waals surface area (Å²) in [6, 6.07) is 12.5. The SMILES string of the molecule is C[C@H](Oc1ccc(F)cc1)C(=O)NCc1nc(-c2ccccc2Cl)no1. The number of nitrogens with one attached hydrogen (secondary N) is 1. The molecule has 0 aliphatic rings. The van der Waals surface area contributed by atoms with Crippen molar-refractivity contribution in [3.63, 3.8) is 0 Å². The molecule has 2 aromatic carbocycles. The molecule has 0 radical (unpaired) electrons. The number of halogens is 2. The van der Waals surface area contributed by atoms with Gasteiger partial charge in [0, 0.05) is 5.56 Å². The lowest BCUT2D eigenvalue weighted by Gasteiger charge is -2.13. The van der Waals surface area contributed by atoms with Crippen LogP contribution in [0, 0.1) is 5.82 Å².